The van der Waals surface area contributed by atoms with Gasteiger partial charge in [0.05, 0.1) is 0 Å². The van der Waals surface area contributed by atoms with Gasteiger partial charge in [-0.15, -0.1) is 6.58 Å². The SMILES string of the molecule is C=CCN(Cc1ccccc1)C(=O)c1ccc(F)cc1. The predicted molar refractivity (Wildman–Crippen MR) is 77.8 cm³/mol. The van der Waals surface area contributed by atoms with E-state index in [0.29, 0.717) is 18.7 Å². The summed E-state index contributed by atoms with van der Waals surface area (Å²) in [5.41, 5.74) is 1.52. The van der Waals surface area contributed by atoms with Crippen LogP contribution in [0.15, 0.2) is 67.3 Å². The van der Waals surface area contributed by atoms with E-state index >= 15 is 0 Å². The molecule has 0 aliphatic rings. The van der Waals surface area contributed by atoms with Gasteiger partial charge in [-0.3, -0.25) is 4.79 Å². The molecule has 0 heterocycles. The molecular formula is C17H16FNO. The van der Waals surface area contributed by atoms with E-state index in [0.717, 1.165) is 5.56 Å². The highest BCUT2D eigenvalue weighted by molar-refractivity contribution is 5.94. The largest absolute Gasteiger partial charge is 0.331 e. The van der Waals surface area contributed by atoms with Gasteiger partial charge < -0.3 is 4.90 Å². The molecule has 20 heavy (non-hydrogen) atoms. The van der Waals surface area contributed by atoms with Crippen molar-refractivity contribution in [3.63, 3.8) is 0 Å². The number of rotatable bonds is 5. The summed E-state index contributed by atoms with van der Waals surface area (Å²) in [6, 6.07) is 15.3. The van der Waals surface area contributed by atoms with Crippen molar-refractivity contribution < 1.29 is 9.18 Å². The molecule has 2 nitrogen and oxygen atoms in total. The van der Waals surface area contributed by atoms with Crippen LogP contribution < -0.4 is 0 Å². The van der Waals surface area contributed by atoms with Crippen LogP contribution in [0.4, 0.5) is 4.39 Å². The Morgan fingerprint density at radius 1 is 1.10 bits per heavy atom. The number of hydrogen-bond acceptors (Lipinski definition) is 1. The number of amides is 1. The summed E-state index contributed by atoms with van der Waals surface area (Å²) in [7, 11) is 0. The molecule has 0 unspecified atom stereocenters. The van der Waals surface area contributed by atoms with Gasteiger partial charge in [-0.05, 0) is 29.8 Å². The van der Waals surface area contributed by atoms with E-state index in [1.54, 1.807) is 11.0 Å². The summed E-state index contributed by atoms with van der Waals surface area (Å²) < 4.78 is 12.9. The van der Waals surface area contributed by atoms with E-state index in [9.17, 15) is 9.18 Å². The van der Waals surface area contributed by atoms with Crippen LogP contribution in [0.25, 0.3) is 0 Å². The maximum atomic E-state index is 12.9. The summed E-state index contributed by atoms with van der Waals surface area (Å²) in [4.78, 5) is 14.1. The average Bonchev–Trinajstić information content (AvgIpc) is 2.48. The van der Waals surface area contributed by atoms with Crippen molar-refractivity contribution in [1.82, 2.24) is 4.90 Å². The Labute approximate surface area is 118 Å². The molecule has 0 aliphatic carbocycles. The first-order chi connectivity index (χ1) is 9.70. The summed E-state index contributed by atoms with van der Waals surface area (Å²) in [5, 5.41) is 0. The third-order valence-corrected chi connectivity index (χ3v) is 2.94. The van der Waals surface area contributed by atoms with Crippen molar-refractivity contribution in [2.45, 2.75) is 6.54 Å². The number of carbonyl (C=O) groups excluding carboxylic acids is 1. The minimum Gasteiger partial charge on any atom is -0.331 e. The second-order valence-electron chi connectivity index (χ2n) is 4.47. The molecule has 2 rings (SSSR count). The molecule has 0 N–H and O–H groups in total. The maximum absolute atomic E-state index is 12.9. The fourth-order valence-electron chi connectivity index (χ4n) is 1.95. The van der Waals surface area contributed by atoms with Crippen LogP contribution in [0.3, 0.4) is 0 Å². The van der Waals surface area contributed by atoms with Gasteiger partial charge in [0, 0.05) is 18.7 Å². The average molecular weight is 269 g/mol. The lowest BCUT2D eigenvalue weighted by Crippen LogP contribution is -2.30. The van der Waals surface area contributed by atoms with Gasteiger partial charge in [-0.1, -0.05) is 36.4 Å². The molecule has 0 atom stereocenters. The molecule has 0 saturated heterocycles. The molecule has 2 aromatic carbocycles. The van der Waals surface area contributed by atoms with Crippen LogP contribution in [0.5, 0.6) is 0 Å². The van der Waals surface area contributed by atoms with E-state index in [4.69, 9.17) is 0 Å². The summed E-state index contributed by atoms with van der Waals surface area (Å²) in [6.07, 6.45) is 1.68. The molecule has 0 radical (unpaired) electrons. The maximum Gasteiger partial charge on any atom is 0.254 e. The van der Waals surface area contributed by atoms with Crippen molar-refractivity contribution in [2.24, 2.45) is 0 Å². The van der Waals surface area contributed by atoms with Crippen LogP contribution >= 0.6 is 0 Å². The molecule has 0 aromatic heterocycles. The second-order valence-corrected chi connectivity index (χ2v) is 4.47. The topological polar surface area (TPSA) is 20.3 Å². The van der Waals surface area contributed by atoms with Gasteiger partial charge in [0.15, 0.2) is 0 Å². The van der Waals surface area contributed by atoms with Crippen LogP contribution in [0.2, 0.25) is 0 Å². The fraction of sp³-hybridized carbons (Fsp3) is 0.118. The molecule has 2 aromatic rings. The second kappa shape index (κ2) is 6.66. The highest BCUT2D eigenvalue weighted by Gasteiger charge is 2.14. The van der Waals surface area contributed by atoms with Crippen LogP contribution in [-0.4, -0.2) is 17.4 Å². The molecule has 0 fully saturated rings. The van der Waals surface area contributed by atoms with Crippen molar-refractivity contribution in [2.75, 3.05) is 6.54 Å². The van der Waals surface area contributed by atoms with E-state index in [2.05, 4.69) is 6.58 Å². The normalized spacial score (nSPS) is 10.1. The Kier molecular flexibility index (Phi) is 4.66. The van der Waals surface area contributed by atoms with E-state index in [-0.39, 0.29) is 11.7 Å². The van der Waals surface area contributed by atoms with Gasteiger partial charge in [0.25, 0.3) is 5.91 Å². The predicted octanol–water partition coefficient (Wildman–Crippen LogP) is 3.65. The van der Waals surface area contributed by atoms with E-state index in [1.165, 1.54) is 24.3 Å². The molecule has 0 aliphatic heterocycles. The Morgan fingerprint density at radius 2 is 1.75 bits per heavy atom. The zero-order valence-electron chi connectivity index (χ0n) is 11.1. The monoisotopic (exact) mass is 269 g/mol. The van der Waals surface area contributed by atoms with Crippen molar-refractivity contribution in [1.29, 1.82) is 0 Å². The van der Waals surface area contributed by atoms with Crippen LogP contribution in [-0.2, 0) is 6.54 Å². The minimum absolute atomic E-state index is 0.131. The van der Waals surface area contributed by atoms with Crippen molar-refractivity contribution in [3.05, 3.63) is 84.2 Å². The van der Waals surface area contributed by atoms with Gasteiger partial charge in [-0.25, -0.2) is 4.39 Å². The van der Waals surface area contributed by atoms with Gasteiger partial charge in [-0.2, -0.15) is 0 Å². The minimum atomic E-state index is -0.347. The zero-order chi connectivity index (χ0) is 14.4. The quantitative estimate of drug-likeness (QED) is 0.759. The summed E-state index contributed by atoms with van der Waals surface area (Å²) >= 11 is 0. The first-order valence-electron chi connectivity index (χ1n) is 6.40. The first kappa shape index (κ1) is 14.0. The zero-order valence-corrected chi connectivity index (χ0v) is 11.1. The van der Waals surface area contributed by atoms with Gasteiger partial charge >= 0.3 is 0 Å². The number of halogens is 1. The third-order valence-electron chi connectivity index (χ3n) is 2.94. The van der Waals surface area contributed by atoms with E-state index < -0.39 is 0 Å². The van der Waals surface area contributed by atoms with Gasteiger partial charge in [0.1, 0.15) is 5.82 Å². The molecule has 0 spiro atoms. The van der Waals surface area contributed by atoms with Crippen LogP contribution in [0, 0.1) is 5.82 Å². The highest BCUT2D eigenvalue weighted by Crippen LogP contribution is 2.11. The standard InChI is InChI=1S/C17H16FNO/c1-2-12-19(13-14-6-4-3-5-7-14)17(20)15-8-10-16(18)11-9-15/h2-11H,1,12-13H2. The number of benzene rings is 2. The van der Waals surface area contributed by atoms with Gasteiger partial charge in [0.2, 0.25) is 0 Å². The molecule has 3 heteroatoms. The third kappa shape index (κ3) is 3.54. The Balaban J connectivity index is 2.17. The Hall–Kier alpha value is -2.42. The van der Waals surface area contributed by atoms with Crippen LogP contribution in [0.1, 0.15) is 15.9 Å². The van der Waals surface area contributed by atoms with E-state index in [1.807, 2.05) is 30.3 Å². The summed E-state index contributed by atoms with van der Waals surface area (Å²) in [5.74, 6) is -0.478. The number of carbonyl (C=O) groups is 1. The molecule has 1 amide bonds. The van der Waals surface area contributed by atoms with Crippen molar-refractivity contribution in [3.8, 4) is 0 Å². The molecule has 102 valence electrons. The lowest BCUT2D eigenvalue weighted by atomic mass is 10.1. The fourth-order valence-corrected chi connectivity index (χ4v) is 1.95. The first-order valence-corrected chi connectivity index (χ1v) is 6.40. The highest BCUT2D eigenvalue weighted by atomic mass is 19.1. The lowest BCUT2D eigenvalue weighted by Gasteiger charge is -2.21. The van der Waals surface area contributed by atoms with Crippen molar-refractivity contribution >= 4 is 5.91 Å². The lowest BCUT2D eigenvalue weighted by molar-refractivity contribution is 0.0762. The molecular weight excluding hydrogens is 253 g/mol. The smallest absolute Gasteiger partial charge is 0.254 e. The molecule has 0 bridgehead atoms. The Morgan fingerprint density at radius 3 is 2.35 bits per heavy atom. The number of hydrogen-bond donors (Lipinski definition) is 0. The number of nitrogens with zero attached hydrogens (tertiary/aromatic N) is 1. The Bertz CT molecular complexity index is 578. The summed E-state index contributed by atoms with van der Waals surface area (Å²) in [6.45, 7) is 4.63. The molecule has 0 saturated carbocycles.